The number of hydrogen-bond donors (Lipinski definition) is 2. The summed E-state index contributed by atoms with van der Waals surface area (Å²) in [5.74, 6) is 0.543. The summed E-state index contributed by atoms with van der Waals surface area (Å²) < 4.78 is 33.3. The molecule has 1 fully saturated rings. The third-order valence-corrected chi connectivity index (χ3v) is 7.00. The first-order chi connectivity index (χ1) is 13.3. The van der Waals surface area contributed by atoms with E-state index in [9.17, 15) is 13.2 Å². The molecule has 152 valence electrons. The Morgan fingerprint density at radius 1 is 1.25 bits per heavy atom. The number of carbonyl (C=O) groups is 1. The summed E-state index contributed by atoms with van der Waals surface area (Å²) in [7, 11) is 1.07. The van der Waals surface area contributed by atoms with Gasteiger partial charge in [-0.1, -0.05) is 31.0 Å². The molecule has 28 heavy (non-hydrogen) atoms. The van der Waals surface area contributed by atoms with Crippen LogP contribution in [0.15, 0.2) is 41.4 Å². The molecule has 1 saturated carbocycles. The lowest BCUT2D eigenvalue weighted by Gasteiger charge is -2.31. The number of amides is 1. The van der Waals surface area contributed by atoms with E-state index in [-0.39, 0.29) is 16.2 Å². The Bertz CT molecular complexity index is 960. The monoisotopic (exact) mass is 405 g/mol. The van der Waals surface area contributed by atoms with E-state index in [0.29, 0.717) is 12.2 Å². The van der Waals surface area contributed by atoms with Crippen molar-refractivity contribution in [3.8, 4) is 5.75 Å². The normalized spacial score (nSPS) is 16.1. The van der Waals surface area contributed by atoms with Crippen LogP contribution in [-0.4, -0.2) is 39.6 Å². The van der Waals surface area contributed by atoms with E-state index in [0.717, 1.165) is 37.0 Å². The van der Waals surface area contributed by atoms with E-state index in [1.807, 2.05) is 18.2 Å². The van der Waals surface area contributed by atoms with Crippen LogP contribution in [0.3, 0.4) is 0 Å². The van der Waals surface area contributed by atoms with Crippen LogP contribution in [0.25, 0.3) is 0 Å². The molecule has 0 spiro atoms. The highest BCUT2D eigenvalue weighted by atomic mass is 32.2. The number of aryl methyl sites for hydroxylation is 1. The fraction of sp³-hybridized carbons (Fsp3) is 0.450. The molecule has 1 amide bonds. The van der Waals surface area contributed by atoms with Gasteiger partial charge in [0.2, 0.25) is 10.0 Å². The maximum Gasteiger partial charge on any atom is 0.267 e. The predicted octanol–water partition coefficient (Wildman–Crippen LogP) is 2.18. The van der Waals surface area contributed by atoms with Gasteiger partial charge >= 0.3 is 0 Å². The molecule has 1 aliphatic rings. The van der Waals surface area contributed by atoms with Gasteiger partial charge in [0.05, 0.1) is 7.11 Å². The van der Waals surface area contributed by atoms with Crippen molar-refractivity contribution in [2.75, 3.05) is 20.7 Å². The predicted molar refractivity (Wildman–Crippen MR) is 107 cm³/mol. The zero-order valence-electron chi connectivity index (χ0n) is 16.5. The van der Waals surface area contributed by atoms with Crippen LogP contribution >= 0.6 is 0 Å². The van der Waals surface area contributed by atoms with Gasteiger partial charge in [0.25, 0.3) is 5.91 Å². The Morgan fingerprint density at radius 2 is 1.93 bits per heavy atom. The molecule has 0 unspecified atom stereocenters. The topological polar surface area (TPSA) is 89.4 Å². The molecule has 7 nitrogen and oxygen atoms in total. The summed E-state index contributed by atoms with van der Waals surface area (Å²) in [6, 6.07) is 9.34. The first kappa shape index (κ1) is 20.4. The molecule has 8 heteroatoms. The minimum Gasteiger partial charge on any atom is -0.496 e. The van der Waals surface area contributed by atoms with Gasteiger partial charge in [0, 0.05) is 30.8 Å². The lowest BCUT2D eigenvalue weighted by Crippen LogP contribution is -2.39. The van der Waals surface area contributed by atoms with Crippen molar-refractivity contribution in [2.24, 2.45) is 7.05 Å². The van der Waals surface area contributed by atoms with E-state index >= 15 is 0 Å². The molecule has 0 aliphatic heterocycles. The van der Waals surface area contributed by atoms with Crippen LogP contribution in [0.1, 0.15) is 41.7 Å². The number of nitrogens with one attached hydrogen (secondary N) is 2. The molecule has 1 aromatic carbocycles. The summed E-state index contributed by atoms with van der Waals surface area (Å²) >= 11 is 0. The summed E-state index contributed by atoms with van der Waals surface area (Å²) in [5.41, 5.74) is 1.25. The largest absolute Gasteiger partial charge is 0.496 e. The number of rotatable bonds is 7. The smallest absolute Gasteiger partial charge is 0.267 e. The Morgan fingerprint density at radius 3 is 2.57 bits per heavy atom. The third kappa shape index (κ3) is 3.79. The highest BCUT2D eigenvalue weighted by Gasteiger charge is 2.38. The van der Waals surface area contributed by atoms with Crippen molar-refractivity contribution >= 4 is 15.9 Å². The summed E-state index contributed by atoms with van der Waals surface area (Å²) in [6.45, 7) is 0.478. The van der Waals surface area contributed by atoms with E-state index in [1.165, 1.54) is 23.9 Å². The van der Waals surface area contributed by atoms with Gasteiger partial charge in [-0.05, 0) is 32.0 Å². The second kappa shape index (κ2) is 7.97. The molecule has 0 saturated heterocycles. The summed E-state index contributed by atoms with van der Waals surface area (Å²) in [6.07, 6.45) is 5.58. The van der Waals surface area contributed by atoms with E-state index < -0.39 is 10.0 Å². The first-order valence-corrected chi connectivity index (χ1v) is 10.8. The Kier molecular flexibility index (Phi) is 5.81. The molecule has 2 aromatic rings. The molecule has 1 aliphatic carbocycles. The Hall–Kier alpha value is -2.32. The third-order valence-electron chi connectivity index (χ3n) is 5.62. The van der Waals surface area contributed by atoms with Crippen LogP contribution in [0.5, 0.6) is 5.75 Å². The number of carbonyl (C=O) groups excluding carboxylic acids is 1. The van der Waals surface area contributed by atoms with E-state index in [4.69, 9.17) is 4.74 Å². The lowest BCUT2D eigenvalue weighted by atomic mass is 9.78. The molecule has 0 bridgehead atoms. The average molecular weight is 406 g/mol. The number of nitrogens with zero attached hydrogens (tertiary/aromatic N) is 1. The van der Waals surface area contributed by atoms with Crippen LogP contribution in [-0.2, 0) is 22.5 Å². The standard InChI is InChI=1S/C20H27N3O4S/c1-21-28(25,26)15-12-17(23(2)13-15)19(24)22-14-20(10-6-7-11-20)16-8-4-5-9-18(16)27-3/h4-5,8-9,12-13,21H,6-7,10-11,14H2,1-3H3,(H,22,24). The zero-order valence-corrected chi connectivity index (χ0v) is 17.3. The van der Waals surface area contributed by atoms with Crippen molar-refractivity contribution < 1.29 is 17.9 Å². The molecule has 1 aromatic heterocycles. The minimum absolute atomic E-state index is 0.0722. The number of aromatic nitrogens is 1. The number of ether oxygens (including phenoxy) is 1. The van der Waals surface area contributed by atoms with E-state index in [2.05, 4.69) is 16.1 Å². The Balaban J connectivity index is 1.83. The number of methoxy groups -OCH3 is 1. The van der Waals surface area contributed by atoms with Crippen molar-refractivity contribution in [2.45, 2.75) is 36.0 Å². The van der Waals surface area contributed by atoms with Gasteiger partial charge in [-0.2, -0.15) is 0 Å². The quantitative estimate of drug-likeness (QED) is 0.739. The highest BCUT2D eigenvalue weighted by Crippen LogP contribution is 2.44. The fourth-order valence-electron chi connectivity index (χ4n) is 4.04. The number of para-hydroxylation sites is 1. The van der Waals surface area contributed by atoms with Crippen LogP contribution in [0.2, 0.25) is 0 Å². The highest BCUT2D eigenvalue weighted by molar-refractivity contribution is 7.89. The van der Waals surface area contributed by atoms with Gasteiger partial charge in [0.1, 0.15) is 16.3 Å². The molecular weight excluding hydrogens is 378 g/mol. The molecule has 0 atom stereocenters. The maximum absolute atomic E-state index is 12.8. The van der Waals surface area contributed by atoms with Crippen molar-refractivity contribution in [3.05, 3.63) is 47.8 Å². The molecule has 0 radical (unpaired) electrons. The van der Waals surface area contributed by atoms with Gasteiger partial charge in [-0.25, -0.2) is 13.1 Å². The number of hydrogen-bond acceptors (Lipinski definition) is 4. The number of benzene rings is 1. The SMILES string of the molecule is CNS(=O)(=O)c1cc(C(=O)NCC2(c3ccccc3OC)CCCC2)n(C)c1. The summed E-state index contributed by atoms with van der Waals surface area (Å²) in [4.78, 5) is 12.9. The fourth-order valence-corrected chi connectivity index (χ4v) is 4.84. The lowest BCUT2D eigenvalue weighted by molar-refractivity contribution is 0.0934. The van der Waals surface area contributed by atoms with E-state index in [1.54, 1.807) is 14.2 Å². The maximum atomic E-state index is 12.8. The molecule has 1 heterocycles. The Labute approximate surface area is 166 Å². The van der Waals surface area contributed by atoms with Crippen LogP contribution < -0.4 is 14.8 Å². The van der Waals surface area contributed by atoms with Gasteiger partial charge in [0.15, 0.2) is 0 Å². The second-order valence-electron chi connectivity index (χ2n) is 7.25. The zero-order chi connectivity index (χ0) is 20.4. The van der Waals surface area contributed by atoms with Gasteiger partial charge < -0.3 is 14.6 Å². The van der Waals surface area contributed by atoms with Crippen molar-refractivity contribution in [1.29, 1.82) is 0 Å². The van der Waals surface area contributed by atoms with Crippen LogP contribution in [0.4, 0.5) is 0 Å². The number of sulfonamides is 1. The van der Waals surface area contributed by atoms with Crippen LogP contribution in [0, 0.1) is 0 Å². The van der Waals surface area contributed by atoms with Gasteiger partial charge in [-0.3, -0.25) is 4.79 Å². The second-order valence-corrected chi connectivity index (χ2v) is 9.14. The summed E-state index contributed by atoms with van der Waals surface area (Å²) in [5, 5.41) is 3.02. The van der Waals surface area contributed by atoms with Crippen molar-refractivity contribution in [3.63, 3.8) is 0 Å². The average Bonchev–Trinajstić information content (AvgIpc) is 3.34. The minimum atomic E-state index is -3.60. The molecular formula is C20H27N3O4S. The first-order valence-electron chi connectivity index (χ1n) is 9.34. The van der Waals surface area contributed by atoms with Crippen molar-refractivity contribution in [1.82, 2.24) is 14.6 Å². The molecule has 2 N–H and O–H groups in total. The molecule has 3 rings (SSSR count). The van der Waals surface area contributed by atoms with Gasteiger partial charge in [-0.15, -0.1) is 0 Å².